The Labute approximate surface area is 64.8 Å². The molecule has 0 aromatic carbocycles. The van der Waals surface area contributed by atoms with Crippen LogP contribution in [0.15, 0.2) is 37.1 Å². The minimum absolute atomic E-state index is 0. The first-order valence-corrected chi connectivity index (χ1v) is 2.94. The Bertz CT molecular complexity index is 184. The zero-order chi connectivity index (χ0) is 6.53. The molecule has 1 unspecified atom stereocenters. The van der Waals surface area contributed by atoms with Crippen molar-refractivity contribution in [3.8, 4) is 0 Å². The van der Waals surface area contributed by atoms with E-state index in [9.17, 15) is 0 Å². The minimum atomic E-state index is 0. The summed E-state index contributed by atoms with van der Waals surface area (Å²) in [5.74, 6) is 0. The maximum absolute atomic E-state index is 4.10. The highest BCUT2D eigenvalue weighted by Crippen LogP contribution is 1.93. The normalized spacial score (nSPS) is 8.00. The smallest absolute Gasteiger partial charge is 0.0441 e. The van der Waals surface area contributed by atoms with Crippen LogP contribution in [0.3, 0.4) is 0 Å². The highest BCUT2D eigenvalue weighted by atomic mass is 31.0. The molecule has 0 spiro atoms. The number of hydrogen-bond donors (Lipinski definition) is 0. The van der Waals surface area contributed by atoms with Gasteiger partial charge in [0.25, 0.3) is 0 Å². The Morgan fingerprint density at radius 3 is 2.80 bits per heavy atom. The third-order valence-electron chi connectivity index (χ3n) is 1.08. The summed E-state index contributed by atoms with van der Waals surface area (Å²) in [6, 6.07) is 5.88. The van der Waals surface area contributed by atoms with Gasteiger partial charge in [-0.2, -0.15) is 9.90 Å². The number of aromatic nitrogens is 1. The summed E-state index contributed by atoms with van der Waals surface area (Å²) >= 11 is 0. The van der Waals surface area contributed by atoms with Crippen molar-refractivity contribution in [1.29, 1.82) is 0 Å². The summed E-state index contributed by atoms with van der Waals surface area (Å²) in [6.07, 6.45) is 4.50. The van der Waals surface area contributed by atoms with Gasteiger partial charge in [0.2, 0.25) is 0 Å². The van der Waals surface area contributed by atoms with Gasteiger partial charge in [-0.3, -0.25) is 4.98 Å². The number of allylic oxidation sites excluding steroid dienone is 1. The summed E-state index contributed by atoms with van der Waals surface area (Å²) in [5.41, 5.74) is 1.08. The lowest BCUT2D eigenvalue weighted by Gasteiger charge is -1.90. The average Bonchev–Trinajstić information content (AvgIpc) is 1.91. The summed E-state index contributed by atoms with van der Waals surface area (Å²) in [7, 11) is 0. The van der Waals surface area contributed by atoms with Gasteiger partial charge in [0.1, 0.15) is 0 Å². The van der Waals surface area contributed by atoms with E-state index in [1.165, 1.54) is 0 Å². The van der Waals surface area contributed by atoms with Gasteiger partial charge in [0.05, 0.1) is 0 Å². The summed E-state index contributed by atoms with van der Waals surface area (Å²) in [5, 5.41) is 0. The predicted octanol–water partition coefficient (Wildman–Crippen LogP) is 1.87. The van der Waals surface area contributed by atoms with Crippen molar-refractivity contribution in [3.05, 3.63) is 42.7 Å². The highest BCUT2D eigenvalue weighted by molar-refractivity contribution is 6.92. The second-order valence-corrected chi connectivity index (χ2v) is 1.81. The number of rotatable bonds is 2. The molecular formula is C8H12NP. The van der Waals surface area contributed by atoms with E-state index in [2.05, 4.69) is 11.6 Å². The van der Waals surface area contributed by atoms with E-state index in [0.29, 0.717) is 0 Å². The number of hydrogen-bond acceptors (Lipinski definition) is 1. The molecule has 1 aromatic heterocycles. The largest absolute Gasteiger partial charge is 0.261 e. The van der Waals surface area contributed by atoms with Gasteiger partial charge in [-0.05, 0) is 12.1 Å². The van der Waals surface area contributed by atoms with Crippen LogP contribution in [-0.2, 0) is 6.42 Å². The molecule has 0 fully saturated rings. The van der Waals surface area contributed by atoms with Crippen LogP contribution in [0, 0.1) is 0 Å². The number of pyridine rings is 1. The standard InChI is InChI=1S/C8H9N.H3P/c1-2-5-8-6-3-4-7-9-8;/h2-4,6-7H,1,5H2;1H3. The van der Waals surface area contributed by atoms with Crippen LogP contribution in [-0.4, -0.2) is 4.98 Å². The maximum atomic E-state index is 4.10. The minimum Gasteiger partial charge on any atom is -0.261 e. The zero-order valence-corrected chi connectivity index (χ0v) is 7.37. The van der Waals surface area contributed by atoms with Crippen molar-refractivity contribution in [2.75, 3.05) is 0 Å². The fraction of sp³-hybridized carbons (Fsp3) is 0.125. The SMILES string of the molecule is C=CCc1ccccn1.P. The Hall–Kier alpha value is -0.680. The first kappa shape index (κ1) is 9.32. The van der Waals surface area contributed by atoms with E-state index in [1.807, 2.05) is 24.3 Å². The fourth-order valence-electron chi connectivity index (χ4n) is 0.667. The fourth-order valence-corrected chi connectivity index (χ4v) is 0.667. The molecule has 0 amide bonds. The van der Waals surface area contributed by atoms with Crippen molar-refractivity contribution in [2.24, 2.45) is 0 Å². The molecule has 0 bridgehead atoms. The van der Waals surface area contributed by atoms with E-state index >= 15 is 0 Å². The van der Waals surface area contributed by atoms with Crippen LogP contribution in [0.4, 0.5) is 0 Å². The van der Waals surface area contributed by atoms with Crippen LogP contribution >= 0.6 is 9.90 Å². The molecule has 0 saturated carbocycles. The van der Waals surface area contributed by atoms with Crippen molar-refractivity contribution < 1.29 is 0 Å². The Kier molecular flexibility index (Phi) is 4.78. The first-order valence-electron chi connectivity index (χ1n) is 2.94. The monoisotopic (exact) mass is 153 g/mol. The van der Waals surface area contributed by atoms with Crippen LogP contribution in [0.2, 0.25) is 0 Å². The maximum Gasteiger partial charge on any atom is 0.0441 e. The lowest BCUT2D eigenvalue weighted by atomic mass is 10.3. The van der Waals surface area contributed by atoms with Crippen LogP contribution in [0.5, 0.6) is 0 Å². The molecule has 0 radical (unpaired) electrons. The van der Waals surface area contributed by atoms with Crippen molar-refractivity contribution in [1.82, 2.24) is 4.98 Å². The topological polar surface area (TPSA) is 12.9 Å². The number of nitrogens with zero attached hydrogens (tertiary/aromatic N) is 1. The summed E-state index contributed by atoms with van der Waals surface area (Å²) < 4.78 is 0. The third kappa shape index (κ3) is 2.75. The van der Waals surface area contributed by atoms with Gasteiger partial charge < -0.3 is 0 Å². The lowest BCUT2D eigenvalue weighted by Crippen LogP contribution is -1.82. The van der Waals surface area contributed by atoms with E-state index < -0.39 is 0 Å². The molecule has 1 rings (SSSR count). The third-order valence-corrected chi connectivity index (χ3v) is 1.08. The van der Waals surface area contributed by atoms with Gasteiger partial charge in [-0.1, -0.05) is 12.1 Å². The molecule has 1 aromatic rings. The van der Waals surface area contributed by atoms with Gasteiger partial charge >= 0.3 is 0 Å². The molecule has 0 N–H and O–H groups in total. The molecule has 0 aliphatic heterocycles. The van der Waals surface area contributed by atoms with Crippen LogP contribution in [0.1, 0.15) is 5.69 Å². The zero-order valence-electron chi connectivity index (χ0n) is 5.96. The van der Waals surface area contributed by atoms with Gasteiger partial charge in [0, 0.05) is 18.3 Å². The van der Waals surface area contributed by atoms with Crippen molar-refractivity contribution in [3.63, 3.8) is 0 Å². The first-order chi connectivity index (χ1) is 4.43. The molecule has 1 nitrogen and oxygen atoms in total. The molecule has 2 heteroatoms. The Morgan fingerprint density at radius 2 is 2.30 bits per heavy atom. The molecule has 10 heavy (non-hydrogen) atoms. The van der Waals surface area contributed by atoms with Gasteiger partial charge in [-0.15, -0.1) is 6.58 Å². The quantitative estimate of drug-likeness (QED) is 0.467. The average molecular weight is 153 g/mol. The summed E-state index contributed by atoms with van der Waals surface area (Å²) in [6.45, 7) is 3.62. The predicted molar refractivity (Wildman–Crippen MR) is 49.2 cm³/mol. The molecule has 0 aliphatic carbocycles. The van der Waals surface area contributed by atoms with Crippen molar-refractivity contribution >= 4 is 9.90 Å². The van der Waals surface area contributed by atoms with Crippen molar-refractivity contribution in [2.45, 2.75) is 6.42 Å². The van der Waals surface area contributed by atoms with E-state index in [0.717, 1.165) is 12.1 Å². The molecule has 1 atom stereocenters. The van der Waals surface area contributed by atoms with E-state index in [4.69, 9.17) is 0 Å². The van der Waals surface area contributed by atoms with E-state index in [-0.39, 0.29) is 9.90 Å². The molecular weight excluding hydrogens is 141 g/mol. The molecule has 0 saturated heterocycles. The van der Waals surface area contributed by atoms with Gasteiger partial charge in [-0.25, -0.2) is 0 Å². The molecule has 1 heterocycles. The molecule has 54 valence electrons. The second-order valence-electron chi connectivity index (χ2n) is 1.81. The molecule has 0 aliphatic rings. The lowest BCUT2D eigenvalue weighted by molar-refractivity contribution is 1.11. The Balaban J connectivity index is 0.000000810. The second kappa shape index (κ2) is 5.13. The summed E-state index contributed by atoms with van der Waals surface area (Å²) in [4.78, 5) is 4.10. The van der Waals surface area contributed by atoms with Crippen LogP contribution < -0.4 is 0 Å². The Morgan fingerprint density at radius 1 is 1.50 bits per heavy atom. The van der Waals surface area contributed by atoms with E-state index in [1.54, 1.807) is 6.20 Å². The van der Waals surface area contributed by atoms with Crippen LogP contribution in [0.25, 0.3) is 0 Å². The highest BCUT2D eigenvalue weighted by Gasteiger charge is 1.83. The van der Waals surface area contributed by atoms with Gasteiger partial charge in [0.15, 0.2) is 0 Å².